The Morgan fingerprint density at radius 3 is 2.66 bits per heavy atom. The lowest BCUT2D eigenvalue weighted by atomic mass is 10.1. The number of hydrogen-bond acceptors (Lipinski definition) is 6. The molecule has 2 aliphatic heterocycles. The minimum absolute atomic E-state index is 0.0969. The van der Waals surface area contributed by atoms with E-state index in [1.54, 1.807) is 54.3 Å². The molecule has 2 heterocycles. The van der Waals surface area contributed by atoms with Crippen LogP contribution in [0.4, 0.5) is 11.4 Å². The molecule has 2 aromatic carbocycles. The van der Waals surface area contributed by atoms with Gasteiger partial charge in [-0.2, -0.15) is 0 Å². The van der Waals surface area contributed by atoms with Crippen molar-refractivity contribution in [1.82, 2.24) is 4.90 Å². The molecule has 0 bridgehead atoms. The Hall–Kier alpha value is -2.81. The van der Waals surface area contributed by atoms with Gasteiger partial charge in [-0.25, -0.2) is 0 Å². The van der Waals surface area contributed by atoms with Crippen molar-refractivity contribution in [3.63, 3.8) is 0 Å². The monoisotopic (exact) mass is 459 g/mol. The molecule has 32 heavy (non-hydrogen) atoms. The second-order valence-corrected chi connectivity index (χ2v) is 8.11. The van der Waals surface area contributed by atoms with Crippen molar-refractivity contribution in [3.8, 4) is 11.5 Å². The summed E-state index contributed by atoms with van der Waals surface area (Å²) in [5.74, 6) is 0.767. The van der Waals surface area contributed by atoms with Crippen molar-refractivity contribution < 1.29 is 23.8 Å². The number of benzene rings is 2. The molecule has 0 aliphatic carbocycles. The predicted molar refractivity (Wildman–Crippen MR) is 122 cm³/mol. The Morgan fingerprint density at radius 1 is 1.16 bits per heavy atom. The van der Waals surface area contributed by atoms with Crippen LogP contribution in [0.2, 0.25) is 5.02 Å². The van der Waals surface area contributed by atoms with Gasteiger partial charge in [-0.1, -0.05) is 11.6 Å². The molecular formula is C23H26ClN3O5. The highest BCUT2D eigenvalue weighted by molar-refractivity contribution is 6.30. The van der Waals surface area contributed by atoms with Crippen molar-refractivity contribution in [1.29, 1.82) is 0 Å². The second-order valence-electron chi connectivity index (χ2n) is 7.68. The summed E-state index contributed by atoms with van der Waals surface area (Å²) in [4.78, 5) is 29.2. The number of anilines is 2. The predicted octanol–water partition coefficient (Wildman–Crippen LogP) is 2.80. The number of nitrogens with one attached hydrogen (secondary N) is 1. The largest absolute Gasteiger partial charge is 0.484 e. The van der Waals surface area contributed by atoms with Crippen molar-refractivity contribution >= 4 is 34.8 Å². The molecule has 8 nitrogen and oxygen atoms in total. The number of amides is 2. The van der Waals surface area contributed by atoms with E-state index in [4.69, 9.17) is 25.8 Å². The fraction of sp³-hybridized carbons (Fsp3) is 0.391. The standard InChI is InChI=1S/C23H26ClN3O5/c1-16-23(29)27(9-8-26-10-12-30-13-11-26)20-14-18(4-7-21(20)32-16)25-22(28)15-31-19-5-2-17(24)3-6-19/h2-7,14,16H,8-13,15H2,1H3,(H,25,28). The van der Waals surface area contributed by atoms with Crippen molar-refractivity contribution in [2.24, 2.45) is 0 Å². The fourth-order valence-corrected chi connectivity index (χ4v) is 3.78. The van der Waals surface area contributed by atoms with Gasteiger partial charge in [0.05, 0.1) is 18.9 Å². The molecule has 1 fully saturated rings. The maximum absolute atomic E-state index is 12.8. The van der Waals surface area contributed by atoms with Gasteiger partial charge >= 0.3 is 0 Å². The molecule has 1 atom stereocenters. The molecule has 1 unspecified atom stereocenters. The molecule has 4 rings (SSSR count). The molecule has 1 saturated heterocycles. The van der Waals surface area contributed by atoms with Gasteiger partial charge in [0.25, 0.3) is 11.8 Å². The summed E-state index contributed by atoms with van der Waals surface area (Å²) in [5, 5.41) is 3.41. The highest BCUT2D eigenvalue weighted by Gasteiger charge is 2.32. The van der Waals surface area contributed by atoms with Gasteiger partial charge in [0.1, 0.15) is 11.5 Å². The highest BCUT2D eigenvalue weighted by Crippen LogP contribution is 2.36. The molecule has 0 spiro atoms. The first-order valence-electron chi connectivity index (χ1n) is 10.6. The summed E-state index contributed by atoms with van der Waals surface area (Å²) in [6.45, 7) is 6.00. The summed E-state index contributed by atoms with van der Waals surface area (Å²) in [7, 11) is 0. The van der Waals surface area contributed by atoms with E-state index < -0.39 is 6.10 Å². The summed E-state index contributed by atoms with van der Waals surface area (Å²) in [5.41, 5.74) is 1.22. The first-order valence-corrected chi connectivity index (χ1v) is 11.0. The van der Waals surface area contributed by atoms with Crippen molar-refractivity contribution in [3.05, 3.63) is 47.5 Å². The third-order valence-corrected chi connectivity index (χ3v) is 5.63. The van der Waals surface area contributed by atoms with Crippen molar-refractivity contribution in [2.75, 3.05) is 56.2 Å². The van der Waals surface area contributed by atoms with Crippen molar-refractivity contribution in [2.45, 2.75) is 13.0 Å². The van der Waals surface area contributed by atoms with Crippen LogP contribution in [0.15, 0.2) is 42.5 Å². The summed E-state index contributed by atoms with van der Waals surface area (Å²) >= 11 is 5.86. The lowest BCUT2D eigenvalue weighted by Crippen LogP contribution is -2.48. The number of ether oxygens (including phenoxy) is 3. The lowest BCUT2D eigenvalue weighted by molar-refractivity contribution is -0.125. The number of nitrogens with zero attached hydrogens (tertiary/aromatic N) is 2. The van der Waals surface area contributed by atoms with Gasteiger partial charge in [-0.15, -0.1) is 0 Å². The van der Waals surface area contributed by atoms with Crippen LogP contribution in [-0.4, -0.2) is 68.8 Å². The van der Waals surface area contributed by atoms with E-state index in [9.17, 15) is 9.59 Å². The molecule has 9 heteroatoms. The van der Waals surface area contributed by atoms with E-state index in [1.165, 1.54) is 0 Å². The number of carbonyl (C=O) groups is 2. The maximum Gasteiger partial charge on any atom is 0.267 e. The van der Waals surface area contributed by atoms with Crippen LogP contribution in [0.5, 0.6) is 11.5 Å². The molecule has 1 N–H and O–H groups in total. The van der Waals surface area contributed by atoms with Crippen LogP contribution in [0, 0.1) is 0 Å². The Morgan fingerprint density at radius 2 is 1.91 bits per heavy atom. The van der Waals surface area contributed by atoms with Crippen LogP contribution < -0.4 is 19.7 Å². The van der Waals surface area contributed by atoms with E-state index in [-0.39, 0.29) is 18.4 Å². The molecule has 0 radical (unpaired) electrons. The minimum atomic E-state index is -0.555. The van der Waals surface area contributed by atoms with Crippen LogP contribution in [0.1, 0.15) is 6.92 Å². The summed E-state index contributed by atoms with van der Waals surface area (Å²) in [6.07, 6.45) is -0.555. The summed E-state index contributed by atoms with van der Waals surface area (Å²) < 4.78 is 16.7. The number of halogens is 1. The molecule has 0 aromatic heterocycles. The lowest BCUT2D eigenvalue weighted by Gasteiger charge is -2.35. The Bertz CT molecular complexity index is 963. The van der Waals surface area contributed by atoms with Crippen LogP contribution in [-0.2, 0) is 14.3 Å². The minimum Gasteiger partial charge on any atom is -0.484 e. The molecule has 2 amide bonds. The number of carbonyl (C=O) groups excluding carboxylic acids is 2. The Balaban J connectivity index is 1.41. The normalized spacial score (nSPS) is 18.6. The topological polar surface area (TPSA) is 80.3 Å². The van der Waals surface area contributed by atoms with Gasteiger partial charge in [0.15, 0.2) is 12.7 Å². The van der Waals surface area contributed by atoms with Crippen LogP contribution in [0.25, 0.3) is 0 Å². The van der Waals surface area contributed by atoms with Crippen LogP contribution in [0.3, 0.4) is 0 Å². The zero-order chi connectivity index (χ0) is 22.5. The van der Waals surface area contributed by atoms with Gasteiger partial charge in [0.2, 0.25) is 0 Å². The van der Waals surface area contributed by atoms with E-state index >= 15 is 0 Å². The Kier molecular flexibility index (Phi) is 7.14. The molecule has 2 aromatic rings. The molecular weight excluding hydrogens is 434 g/mol. The summed E-state index contributed by atoms with van der Waals surface area (Å²) in [6, 6.07) is 12.1. The maximum atomic E-state index is 12.8. The zero-order valence-electron chi connectivity index (χ0n) is 17.9. The van der Waals surface area contributed by atoms with Gasteiger partial charge in [-0.3, -0.25) is 14.5 Å². The van der Waals surface area contributed by atoms with Gasteiger partial charge in [-0.05, 0) is 49.4 Å². The average molecular weight is 460 g/mol. The third kappa shape index (κ3) is 5.51. The van der Waals surface area contributed by atoms with E-state index in [0.29, 0.717) is 47.7 Å². The smallest absolute Gasteiger partial charge is 0.267 e. The Labute approximate surface area is 192 Å². The number of morpholine rings is 1. The van der Waals surface area contributed by atoms with Gasteiger partial charge in [0, 0.05) is 36.9 Å². The number of rotatable bonds is 7. The van der Waals surface area contributed by atoms with E-state index in [0.717, 1.165) is 19.6 Å². The van der Waals surface area contributed by atoms with Crippen LogP contribution >= 0.6 is 11.6 Å². The second kappa shape index (κ2) is 10.2. The fourth-order valence-electron chi connectivity index (χ4n) is 3.66. The molecule has 2 aliphatic rings. The first kappa shape index (κ1) is 22.4. The SMILES string of the molecule is CC1Oc2ccc(NC(=O)COc3ccc(Cl)cc3)cc2N(CCN2CCOCC2)C1=O. The van der Waals surface area contributed by atoms with E-state index in [2.05, 4.69) is 10.2 Å². The average Bonchev–Trinajstić information content (AvgIpc) is 2.80. The highest BCUT2D eigenvalue weighted by atomic mass is 35.5. The van der Waals surface area contributed by atoms with Gasteiger partial charge < -0.3 is 24.4 Å². The molecule has 170 valence electrons. The first-order chi connectivity index (χ1) is 15.5. The number of hydrogen-bond donors (Lipinski definition) is 1. The molecule has 0 saturated carbocycles. The van der Waals surface area contributed by atoms with E-state index in [1.807, 2.05) is 0 Å². The quantitative estimate of drug-likeness (QED) is 0.685. The number of fused-ring (bicyclic) bond motifs is 1. The zero-order valence-corrected chi connectivity index (χ0v) is 18.6. The third-order valence-electron chi connectivity index (χ3n) is 5.38.